The van der Waals surface area contributed by atoms with Crippen LogP contribution in [0.4, 0.5) is 4.39 Å². The molecule has 0 saturated carbocycles. The topological polar surface area (TPSA) is 3.24 Å². The molecule has 1 nitrogen and oxygen atoms in total. The Kier molecular flexibility index (Phi) is 5.01. The average molecular weight is 219 g/mol. The van der Waals surface area contributed by atoms with Gasteiger partial charge in [-0.05, 0) is 19.5 Å². The number of benzene rings is 1. The maximum absolute atomic E-state index is 13.9. The second kappa shape index (κ2) is 6.30. The molecule has 0 fully saturated rings. The van der Waals surface area contributed by atoms with Crippen LogP contribution in [0.15, 0.2) is 30.3 Å². The summed E-state index contributed by atoms with van der Waals surface area (Å²) in [6, 6.07) is 9.53. The van der Waals surface area contributed by atoms with Gasteiger partial charge in [0.05, 0.1) is 6.54 Å². The molecule has 0 heterocycles. The normalized spacial score (nSPS) is 14.4. The number of nitrogens with zero attached hydrogens (tertiary/aromatic N) is 1. The molecular weight excluding hydrogens is 201 g/mol. The first-order chi connectivity index (χ1) is 7.65. The van der Waals surface area contributed by atoms with E-state index in [9.17, 15) is 4.39 Å². The van der Waals surface area contributed by atoms with E-state index >= 15 is 0 Å². The van der Waals surface area contributed by atoms with Crippen molar-refractivity contribution in [2.45, 2.75) is 25.6 Å². The first-order valence-electron chi connectivity index (χ1n) is 5.47. The molecule has 1 aromatic carbocycles. The molecule has 0 aliphatic heterocycles. The van der Waals surface area contributed by atoms with E-state index in [-0.39, 0.29) is 6.04 Å². The smallest absolute Gasteiger partial charge is 0.119 e. The van der Waals surface area contributed by atoms with Crippen molar-refractivity contribution < 1.29 is 4.39 Å². The zero-order chi connectivity index (χ0) is 12.0. The van der Waals surface area contributed by atoms with Crippen LogP contribution in [0, 0.1) is 12.3 Å². The highest BCUT2D eigenvalue weighted by Crippen LogP contribution is 2.12. The molecule has 0 bridgehead atoms. The summed E-state index contributed by atoms with van der Waals surface area (Å²) in [5.41, 5.74) is 1.02. The highest BCUT2D eigenvalue weighted by atomic mass is 19.1. The van der Waals surface area contributed by atoms with Crippen molar-refractivity contribution in [1.29, 1.82) is 0 Å². The van der Waals surface area contributed by atoms with E-state index in [1.165, 1.54) is 0 Å². The Hall–Kier alpha value is -1.33. The molecule has 1 aromatic rings. The summed E-state index contributed by atoms with van der Waals surface area (Å²) < 4.78 is 13.9. The fourth-order valence-electron chi connectivity index (χ4n) is 1.57. The second-order valence-corrected chi connectivity index (χ2v) is 4.07. The maximum atomic E-state index is 13.9. The number of hydrogen-bond donors (Lipinski definition) is 0. The van der Waals surface area contributed by atoms with Crippen LogP contribution >= 0.6 is 0 Å². The summed E-state index contributed by atoms with van der Waals surface area (Å²) >= 11 is 0. The van der Waals surface area contributed by atoms with E-state index in [0.717, 1.165) is 5.56 Å². The summed E-state index contributed by atoms with van der Waals surface area (Å²) in [4.78, 5) is 1.85. The Morgan fingerprint density at radius 2 is 2.00 bits per heavy atom. The van der Waals surface area contributed by atoms with Crippen LogP contribution in [0.1, 0.15) is 12.5 Å². The number of rotatable bonds is 5. The molecular formula is C14H18FN. The van der Waals surface area contributed by atoms with Crippen molar-refractivity contribution in [3.05, 3.63) is 35.9 Å². The molecule has 1 rings (SSSR count). The zero-order valence-electron chi connectivity index (χ0n) is 9.86. The quantitative estimate of drug-likeness (QED) is 0.688. The van der Waals surface area contributed by atoms with E-state index in [1.54, 1.807) is 0 Å². The number of hydrogen-bond acceptors (Lipinski definition) is 1. The Labute approximate surface area is 97.3 Å². The van der Waals surface area contributed by atoms with Crippen molar-refractivity contribution in [3.63, 3.8) is 0 Å². The van der Waals surface area contributed by atoms with Gasteiger partial charge in [-0.2, -0.15) is 0 Å². The van der Waals surface area contributed by atoms with Crippen molar-refractivity contribution in [2.24, 2.45) is 0 Å². The lowest BCUT2D eigenvalue weighted by molar-refractivity contribution is 0.160. The predicted octanol–water partition coefficient (Wildman–Crippen LogP) is 2.52. The second-order valence-electron chi connectivity index (χ2n) is 4.07. The fraction of sp³-hybridized carbons (Fsp3) is 0.429. The highest BCUT2D eigenvalue weighted by Gasteiger charge is 2.20. The molecule has 0 radical (unpaired) electrons. The molecule has 2 unspecified atom stereocenters. The van der Waals surface area contributed by atoms with Crippen LogP contribution in [-0.2, 0) is 6.42 Å². The number of halogens is 1. The van der Waals surface area contributed by atoms with Gasteiger partial charge in [0.25, 0.3) is 0 Å². The third-order valence-electron chi connectivity index (χ3n) is 2.83. The standard InChI is InChI=1S/C14H18FN/c1-4-10-16(3)12(2)14(15)11-13-8-6-5-7-9-13/h1,5-9,12,14H,10-11H2,2-3H3. The molecule has 2 heteroatoms. The SMILES string of the molecule is C#CCN(C)C(C)C(F)Cc1ccccc1. The molecule has 0 aliphatic rings. The van der Waals surface area contributed by atoms with Crippen LogP contribution in [0.3, 0.4) is 0 Å². The minimum absolute atomic E-state index is 0.156. The first kappa shape index (κ1) is 12.7. The minimum Gasteiger partial charge on any atom is -0.290 e. The van der Waals surface area contributed by atoms with Gasteiger partial charge in [-0.25, -0.2) is 4.39 Å². The van der Waals surface area contributed by atoms with Crippen LogP contribution in [0.2, 0.25) is 0 Å². The van der Waals surface area contributed by atoms with Crippen molar-refractivity contribution >= 4 is 0 Å². The summed E-state index contributed by atoms with van der Waals surface area (Å²) in [5.74, 6) is 2.53. The van der Waals surface area contributed by atoms with Gasteiger partial charge in [0.2, 0.25) is 0 Å². The third-order valence-corrected chi connectivity index (χ3v) is 2.83. The molecule has 86 valence electrons. The van der Waals surface area contributed by atoms with Gasteiger partial charge in [0.15, 0.2) is 0 Å². The molecule has 0 amide bonds. The molecule has 16 heavy (non-hydrogen) atoms. The lowest BCUT2D eigenvalue weighted by Crippen LogP contribution is -2.38. The van der Waals surface area contributed by atoms with Crippen molar-refractivity contribution in [2.75, 3.05) is 13.6 Å². The van der Waals surface area contributed by atoms with Crippen molar-refractivity contribution in [1.82, 2.24) is 4.90 Å². The lowest BCUT2D eigenvalue weighted by Gasteiger charge is -2.25. The first-order valence-corrected chi connectivity index (χ1v) is 5.47. The Balaban J connectivity index is 2.52. The molecule has 0 aromatic heterocycles. The van der Waals surface area contributed by atoms with Crippen LogP contribution in [-0.4, -0.2) is 30.7 Å². The summed E-state index contributed by atoms with van der Waals surface area (Å²) in [6.45, 7) is 2.35. The molecule has 0 spiro atoms. The summed E-state index contributed by atoms with van der Waals surface area (Å²) in [7, 11) is 1.85. The summed E-state index contributed by atoms with van der Waals surface area (Å²) in [5, 5.41) is 0. The van der Waals surface area contributed by atoms with Crippen LogP contribution in [0.5, 0.6) is 0 Å². The van der Waals surface area contributed by atoms with Crippen molar-refractivity contribution in [3.8, 4) is 12.3 Å². The van der Waals surface area contributed by atoms with Gasteiger partial charge in [-0.1, -0.05) is 36.3 Å². The number of alkyl halides is 1. The Morgan fingerprint density at radius 1 is 1.38 bits per heavy atom. The van der Waals surface area contributed by atoms with E-state index in [0.29, 0.717) is 13.0 Å². The van der Waals surface area contributed by atoms with E-state index in [1.807, 2.05) is 49.2 Å². The Bertz CT molecular complexity index is 342. The van der Waals surface area contributed by atoms with E-state index in [2.05, 4.69) is 5.92 Å². The predicted molar refractivity (Wildman–Crippen MR) is 66.0 cm³/mol. The van der Waals surface area contributed by atoms with Crippen LogP contribution in [0.25, 0.3) is 0 Å². The van der Waals surface area contributed by atoms with Gasteiger partial charge < -0.3 is 0 Å². The monoisotopic (exact) mass is 219 g/mol. The highest BCUT2D eigenvalue weighted by molar-refractivity contribution is 5.15. The van der Waals surface area contributed by atoms with Gasteiger partial charge in [-0.15, -0.1) is 6.42 Å². The average Bonchev–Trinajstić information content (AvgIpc) is 2.29. The van der Waals surface area contributed by atoms with E-state index < -0.39 is 6.17 Å². The zero-order valence-corrected chi connectivity index (χ0v) is 9.86. The van der Waals surface area contributed by atoms with E-state index in [4.69, 9.17) is 6.42 Å². The third kappa shape index (κ3) is 3.67. The van der Waals surface area contributed by atoms with Gasteiger partial charge in [-0.3, -0.25) is 4.90 Å². The molecule has 0 N–H and O–H groups in total. The molecule has 0 aliphatic carbocycles. The Morgan fingerprint density at radius 3 is 2.56 bits per heavy atom. The largest absolute Gasteiger partial charge is 0.290 e. The number of terminal acetylenes is 1. The minimum atomic E-state index is -0.888. The van der Waals surface area contributed by atoms with Gasteiger partial charge >= 0.3 is 0 Å². The van der Waals surface area contributed by atoms with Crippen LogP contribution < -0.4 is 0 Å². The molecule has 2 atom stereocenters. The van der Waals surface area contributed by atoms with Gasteiger partial charge in [0.1, 0.15) is 6.17 Å². The maximum Gasteiger partial charge on any atom is 0.119 e. The molecule has 0 saturated heterocycles. The fourth-order valence-corrected chi connectivity index (χ4v) is 1.57. The lowest BCUT2D eigenvalue weighted by atomic mass is 10.0. The van der Waals surface area contributed by atoms with Gasteiger partial charge in [0, 0.05) is 12.5 Å². The summed E-state index contributed by atoms with van der Waals surface area (Å²) in [6.07, 6.45) is 4.76.